The van der Waals surface area contributed by atoms with E-state index in [-0.39, 0.29) is 31.1 Å². The summed E-state index contributed by atoms with van der Waals surface area (Å²) in [5.74, 6) is 0.706. The van der Waals surface area contributed by atoms with E-state index in [1.165, 1.54) is 89.9 Å². The van der Waals surface area contributed by atoms with Crippen LogP contribution in [0.2, 0.25) is 0 Å². The number of hydrogen-bond acceptors (Lipinski definition) is 6. The van der Waals surface area contributed by atoms with Gasteiger partial charge in [-0.1, -0.05) is 169 Å². The van der Waals surface area contributed by atoms with Crippen LogP contribution in [0.5, 0.6) is 0 Å². The minimum Gasteiger partial charge on any atom is -0.462 e. The fourth-order valence-corrected chi connectivity index (χ4v) is 5.69. The molecule has 0 N–H and O–H groups in total. The molecule has 0 aliphatic heterocycles. The summed E-state index contributed by atoms with van der Waals surface area (Å²) in [6.07, 6.45) is 28.5. The smallest absolute Gasteiger partial charge is 0.306 e. The molecule has 0 fully saturated rings. The van der Waals surface area contributed by atoms with Crippen molar-refractivity contribution < 1.29 is 28.6 Å². The summed E-state index contributed by atoms with van der Waals surface area (Å²) in [6, 6.07) is 0. The lowest BCUT2D eigenvalue weighted by Crippen LogP contribution is -2.30. The Morgan fingerprint density at radius 1 is 0.413 bits per heavy atom. The van der Waals surface area contributed by atoms with Gasteiger partial charge < -0.3 is 14.2 Å². The number of unbranched alkanes of at least 4 members (excludes halogenated alkanes) is 19. The van der Waals surface area contributed by atoms with Crippen molar-refractivity contribution in [3.63, 3.8) is 0 Å². The van der Waals surface area contributed by atoms with E-state index in [4.69, 9.17) is 14.2 Å². The Kier molecular flexibility index (Phi) is 32.2. The SMILES string of the molecule is CCCCCCCC(=O)O[C@@H](COC(=O)CCCCCCCCCCCCCC(C)C)COC(=O)CCCCCCCCC(C)C. The van der Waals surface area contributed by atoms with Gasteiger partial charge in [-0.3, -0.25) is 14.4 Å². The van der Waals surface area contributed by atoms with Crippen LogP contribution >= 0.6 is 0 Å². The van der Waals surface area contributed by atoms with Gasteiger partial charge in [0, 0.05) is 19.3 Å². The number of ether oxygens (including phenoxy) is 3. The van der Waals surface area contributed by atoms with Crippen LogP contribution in [0.3, 0.4) is 0 Å². The van der Waals surface area contributed by atoms with Crippen LogP contribution in [0.25, 0.3) is 0 Å². The van der Waals surface area contributed by atoms with Gasteiger partial charge in [0.05, 0.1) is 0 Å². The molecule has 6 nitrogen and oxygen atoms in total. The number of esters is 3. The van der Waals surface area contributed by atoms with Crippen LogP contribution in [0.4, 0.5) is 0 Å². The average Bonchev–Trinajstić information content (AvgIpc) is 3.01. The molecule has 0 spiro atoms. The van der Waals surface area contributed by atoms with E-state index in [9.17, 15) is 14.4 Å². The minimum atomic E-state index is -0.757. The third kappa shape index (κ3) is 33.8. The van der Waals surface area contributed by atoms with Crippen LogP contribution in [-0.4, -0.2) is 37.2 Å². The zero-order valence-corrected chi connectivity index (χ0v) is 31.2. The minimum absolute atomic E-state index is 0.0679. The van der Waals surface area contributed by atoms with E-state index in [0.29, 0.717) is 19.3 Å². The third-order valence-corrected chi connectivity index (χ3v) is 8.72. The van der Waals surface area contributed by atoms with E-state index in [0.717, 1.165) is 76.0 Å². The Balaban J connectivity index is 4.20. The highest BCUT2D eigenvalue weighted by Gasteiger charge is 2.19. The monoisotopic (exact) mass is 653 g/mol. The first kappa shape index (κ1) is 44.4. The second kappa shape index (κ2) is 33.3. The fourth-order valence-electron chi connectivity index (χ4n) is 5.69. The first-order valence-electron chi connectivity index (χ1n) is 19.7. The molecule has 1 atom stereocenters. The summed E-state index contributed by atoms with van der Waals surface area (Å²) < 4.78 is 16.5. The van der Waals surface area contributed by atoms with Crippen molar-refractivity contribution in [2.45, 2.75) is 214 Å². The van der Waals surface area contributed by atoms with Crippen LogP contribution in [0.1, 0.15) is 208 Å². The largest absolute Gasteiger partial charge is 0.462 e. The second-order valence-corrected chi connectivity index (χ2v) is 14.5. The van der Waals surface area contributed by atoms with Gasteiger partial charge >= 0.3 is 17.9 Å². The van der Waals surface area contributed by atoms with Gasteiger partial charge in [-0.2, -0.15) is 0 Å². The molecule has 0 aliphatic carbocycles. The quantitative estimate of drug-likeness (QED) is 0.0391. The molecule has 0 amide bonds. The molecule has 0 aromatic carbocycles. The van der Waals surface area contributed by atoms with Crippen molar-refractivity contribution in [1.82, 2.24) is 0 Å². The van der Waals surface area contributed by atoms with Crippen LogP contribution in [-0.2, 0) is 28.6 Å². The lowest BCUT2D eigenvalue weighted by Gasteiger charge is -2.18. The summed E-state index contributed by atoms with van der Waals surface area (Å²) in [4.78, 5) is 37.2. The maximum Gasteiger partial charge on any atom is 0.306 e. The van der Waals surface area contributed by atoms with E-state index < -0.39 is 6.10 Å². The molecule has 0 aromatic heterocycles. The summed E-state index contributed by atoms with van der Waals surface area (Å²) in [6.45, 7) is 11.2. The summed E-state index contributed by atoms with van der Waals surface area (Å²) >= 11 is 0. The molecule has 0 unspecified atom stereocenters. The molecule has 0 aromatic rings. The van der Waals surface area contributed by atoms with E-state index in [1.807, 2.05) is 0 Å². The maximum absolute atomic E-state index is 12.4. The zero-order valence-electron chi connectivity index (χ0n) is 31.2. The molecule has 0 aliphatic rings. The van der Waals surface area contributed by atoms with E-state index >= 15 is 0 Å². The number of carbonyl (C=O) groups is 3. The Morgan fingerprint density at radius 2 is 0.717 bits per heavy atom. The summed E-state index contributed by atoms with van der Waals surface area (Å²) in [5, 5.41) is 0. The Bertz CT molecular complexity index is 704. The van der Waals surface area contributed by atoms with Crippen LogP contribution in [0.15, 0.2) is 0 Å². The molecule has 46 heavy (non-hydrogen) atoms. The molecule has 0 radical (unpaired) electrons. The zero-order chi connectivity index (χ0) is 34.1. The molecule has 0 rings (SSSR count). The number of carbonyl (C=O) groups excluding carboxylic acids is 3. The van der Waals surface area contributed by atoms with Crippen molar-refractivity contribution in [3.8, 4) is 0 Å². The first-order valence-corrected chi connectivity index (χ1v) is 19.7. The highest BCUT2D eigenvalue weighted by Crippen LogP contribution is 2.15. The molecule has 0 heterocycles. The summed E-state index contributed by atoms with van der Waals surface area (Å²) in [5.41, 5.74) is 0. The number of rotatable bonds is 34. The first-order chi connectivity index (χ1) is 22.2. The maximum atomic E-state index is 12.4. The predicted octanol–water partition coefficient (Wildman–Crippen LogP) is 11.8. The van der Waals surface area contributed by atoms with Crippen molar-refractivity contribution in [3.05, 3.63) is 0 Å². The summed E-state index contributed by atoms with van der Waals surface area (Å²) in [7, 11) is 0. The highest BCUT2D eigenvalue weighted by atomic mass is 16.6. The van der Waals surface area contributed by atoms with Crippen molar-refractivity contribution in [1.29, 1.82) is 0 Å². The van der Waals surface area contributed by atoms with Gasteiger partial charge in [-0.15, -0.1) is 0 Å². The molecular weight excluding hydrogens is 576 g/mol. The van der Waals surface area contributed by atoms with E-state index in [1.54, 1.807) is 0 Å². The Hall–Kier alpha value is -1.59. The molecule has 0 saturated carbocycles. The van der Waals surface area contributed by atoms with Gasteiger partial charge in [-0.25, -0.2) is 0 Å². The molecular formula is C40H76O6. The second-order valence-electron chi connectivity index (χ2n) is 14.5. The average molecular weight is 653 g/mol. The Labute approximate surface area is 285 Å². The van der Waals surface area contributed by atoms with Crippen molar-refractivity contribution in [2.24, 2.45) is 11.8 Å². The van der Waals surface area contributed by atoms with Gasteiger partial charge in [-0.05, 0) is 31.1 Å². The van der Waals surface area contributed by atoms with Crippen LogP contribution < -0.4 is 0 Å². The molecule has 0 bridgehead atoms. The van der Waals surface area contributed by atoms with Gasteiger partial charge in [0.15, 0.2) is 6.10 Å². The van der Waals surface area contributed by atoms with Gasteiger partial charge in [0.25, 0.3) is 0 Å². The predicted molar refractivity (Wildman–Crippen MR) is 192 cm³/mol. The lowest BCUT2D eigenvalue weighted by atomic mass is 10.0. The topological polar surface area (TPSA) is 78.9 Å². The van der Waals surface area contributed by atoms with Crippen LogP contribution in [0, 0.1) is 11.8 Å². The molecule has 0 saturated heterocycles. The molecule has 6 heteroatoms. The van der Waals surface area contributed by atoms with Crippen molar-refractivity contribution >= 4 is 17.9 Å². The normalized spacial score (nSPS) is 12.1. The molecule has 272 valence electrons. The van der Waals surface area contributed by atoms with E-state index in [2.05, 4.69) is 34.6 Å². The fraction of sp³-hybridized carbons (Fsp3) is 0.925. The highest BCUT2D eigenvalue weighted by molar-refractivity contribution is 5.71. The van der Waals surface area contributed by atoms with Crippen molar-refractivity contribution in [2.75, 3.05) is 13.2 Å². The Morgan fingerprint density at radius 3 is 1.07 bits per heavy atom. The third-order valence-electron chi connectivity index (χ3n) is 8.72. The number of hydrogen-bond donors (Lipinski definition) is 0. The lowest BCUT2D eigenvalue weighted by molar-refractivity contribution is -0.167. The van der Waals surface area contributed by atoms with Gasteiger partial charge in [0.1, 0.15) is 13.2 Å². The standard InChI is InChI=1S/C40H76O6/c1-6-7-8-18-27-32-40(43)46-37(34-45-39(42)31-26-22-17-16-20-24-29-36(4)5)33-44-38(41)30-25-21-15-13-11-9-10-12-14-19-23-28-35(2)3/h35-37H,6-34H2,1-5H3/t37-/m0/s1. The van der Waals surface area contributed by atoms with Gasteiger partial charge in [0.2, 0.25) is 0 Å².